The minimum absolute atomic E-state index is 0.0338. The largest absolute Gasteiger partial charge is 0.481 e. The average Bonchev–Trinajstić information content (AvgIpc) is 2.85. The molecule has 1 saturated carbocycles. The molecular weight excluding hydrogens is 522 g/mol. The summed E-state index contributed by atoms with van der Waals surface area (Å²) in [5.41, 5.74) is 6.80. The van der Waals surface area contributed by atoms with E-state index >= 15 is 0 Å². The SMILES string of the molecule is CC(O)C(/C=C/CCC(=O)O)NC1C=C(/C=C/CC(=O)O)C(NC2CC(O)C(N)C(/C=C/CC(=O)O)C2)C(O)C1. The van der Waals surface area contributed by atoms with Gasteiger partial charge in [0.05, 0.1) is 43.2 Å². The number of aliphatic hydroxyl groups is 3. The highest BCUT2D eigenvalue weighted by atomic mass is 16.4. The van der Waals surface area contributed by atoms with Crippen LogP contribution in [0.3, 0.4) is 0 Å². The highest BCUT2D eigenvalue weighted by Gasteiger charge is 2.37. The van der Waals surface area contributed by atoms with Crippen molar-refractivity contribution < 1.29 is 45.0 Å². The van der Waals surface area contributed by atoms with Crippen LogP contribution in [0.4, 0.5) is 0 Å². The van der Waals surface area contributed by atoms with E-state index in [0.717, 1.165) is 0 Å². The molecule has 0 heterocycles. The van der Waals surface area contributed by atoms with E-state index in [-0.39, 0.29) is 43.7 Å². The Morgan fingerprint density at radius 2 is 1.68 bits per heavy atom. The van der Waals surface area contributed by atoms with Gasteiger partial charge in [-0.1, -0.05) is 42.5 Å². The molecular formula is C28H43N3O9. The van der Waals surface area contributed by atoms with Gasteiger partial charge in [0, 0.05) is 24.5 Å². The Labute approximate surface area is 234 Å². The fourth-order valence-electron chi connectivity index (χ4n) is 5.11. The third-order valence-electron chi connectivity index (χ3n) is 7.14. The smallest absolute Gasteiger partial charge is 0.307 e. The number of carboxylic acid groups (broad SMARTS) is 3. The molecule has 9 atom stereocenters. The molecule has 0 bridgehead atoms. The van der Waals surface area contributed by atoms with E-state index in [9.17, 15) is 29.7 Å². The normalized spacial score (nSPS) is 30.9. The summed E-state index contributed by atoms with van der Waals surface area (Å²) >= 11 is 0. The number of nitrogens with one attached hydrogen (secondary N) is 2. The van der Waals surface area contributed by atoms with E-state index in [2.05, 4.69) is 10.6 Å². The van der Waals surface area contributed by atoms with Crippen molar-refractivity contribution in [3.8, 4) is 0 Å². The standard InChI is InChI=1S/C28H43N3O9/c1-16(32)21(8-2-3-9-24(35)36)30-19-13-18(7-5-11-26(39)40)28(23(34)15-19)31-20-12-17(6-4-10-25(37)38)27(29)22(33)14-20/h2,4-8,13,16-17,19-23,27-28,30-34H,3,9-12,14-15,29H2,1H3,(H,35,36)(H,37,38)(H,39,40)/b6-4+,7-5+,8-2+. The van der Waals surface area contributed by atoms with Gasteiger partial charge < -0.3 is 47.0 Å². The Morgan fingerprint density at radius 1 is 1.00 bits per heavy atom. The van der Waals surface area contributed by atoms with E-state index in [1.807, 2.05) is 6.08 Å². The molecule has 0 radical (unpaired) electrons. The average molecular weight is 566 g/mol. The molecule has 0 amide bonds. The highest BCUT2D eigenvalue weighted by Crippen LogP contribution is 2.29. The van der Waals surface area contributed by atoms with E-state index in [4.69, 9.17) is 21.1 Å². The van der Waals surface area contributed by atoms with E-state index in [1.54, 1.807) is 31.2 Å². The molecule has 0 aromatic rings. The number of allylic oxidation sites excluding steroid dienone is 1. The molecule has 0 saturated heterocycles. The lowest BCUT2D eigenvalue weighted by Crippen LogP contribution is -2.57. The van der Waals surface area contributed by atoms with Crippen LogP contribution >= 0.6 is 0 Å². The van der Waals surface area contributed by atoms with E-state index in [0.29, 0.717) is 24.8 Å². The first-order chi connectivity index (χ1) is 18.9. The summed E-state index contributed by atoms with van der Waals surface area (Å²) in [5.74, 6) is -3.17. The van der Waals surface area contributed by atoms with Crippen molar-refractivity contribution in [2.24, 2.45) is 11.7 Å². The topological polar surface area (TPSA) is 223 Å². The second kappa shape index (κ2) is 16.4. The number of nitrogens with two attached hydrogens (primary N) is 1. The minimum atomic E-state index is -1.01. The van der Waals surface area contributed by atoms with Crippen LogP contribution in [-0.2, 0) is 14.4 Å². The van der Waals surface area contributed by atoms with Crippen molar-refractivity contribution in [2.75, 3.05) is 0 Å². The Kier molecular flexibility index (Phi) is 13.7. The summed E-state index contributed by atoms with van der Waals surface area (Å²) in [6.07, 6.45) is 10.1. The second-order valence-corrected chi connectivity index (χ2v) is 10.5. The molecule has 2 rings (SSSR count). The summed E-state index contributed by atoms with van der Waals surface area (Å²) in [7, 11) is 0. The van der Waals surface area contributed by atoms with E-state index in [1.165, 1.54) is 12.2 Å². The monoisotopic (exact) mass is 565 g/mol. The maximum absolute atomic E-state index is 11.2. The summed E-state index contributed by atoms with van der Waals surface area (Å²) in [6, 6.07) is -2.27. The molecule has 0 spiro atoms. The van der Waals surface area contributed by atoms with Crippen LogP contribution in [0.15, 0.2) is 48.1 Å². The molecule has 224 valence electrons. The Morgan fingerprint density at radius 3 is 2.30 bits per heavy atom. The van der Waals surface area contributed by atoms with Gasteiger partial charge in [0.2, 0.25) is 0 Å². The van der Waals surface area contributed by atoms with Crippen molar-refractivity contribution in [1.29, 1.82) is 0 Å². The molecule has 9 unspecified atom stereocenters. The number of carbonyl (C=O) groups is 3. The van der Waals surface area contributed by atoms with Crippen molar-refractivity contribution >= 4 is 17.9 Å². The zero-order valence-electron chi connectivity index (χ0n) is 22.7. The molecule has 12 nitrogen and oxygen atoms in total. The lowest BCUT2D eigenvalue weighted by Gasteiger charge is -2.41. The highest BCUT2D eigenvalue weighted by molar-refractivity contribution is 5.69. The lowest BCUT2D eigenvalue weighted by atomic mass is 9.78. The third-order valence-corrected chi connectivity index (χ3v) is 7.14. The molecule has 10 N–H and O–H groups in total. The van der Waals surface area contributed by atoms with Crippen LogP contribution in [0.1, 0.15) is 51.9 Å². The quantitative estimate of drug-likeness (QED) is 0.122. The van der Waals surface area contributed by atoms with Crippen molar-refractivity contribution in [2.45, 2.75) is 100 Å². The molecule has 2 aliphatic rings. The third kappa shape index (κ3) is 11.3. The molecule has 0 aromatic heterocycles. The molecule has 40 heavy (non-hydrogen) atoms. The predicted molar refractivity (Wildman–Crippen MR) is 147 cm³/mol. The van der Waals surface area contributed by atoms with Crippen LogP contribution < -0.4 is 16.4 Å². The minimum Gasteiger partial charge on any atom is -0.481 e. The summed E-state index contributed by atoms with van der Waals surface area (Å²) < 4.78 is 0. The number of rotatable bonds is 15. The fourth-order valence-corrected chi connectivity index (χ4v) is 5.11. The molecule has 0 aromatic carbocycles. The first-order valence-electron chi connectivity index (χ1n) is 13.6. The summed E-state index contributed by atoms with van der Waals surface area (Å²) in [6.45, 7) is 1.60. The number of carboxylic acids is 3. The summed E-state index contributed by atoms with van der Waals surface area (Å²) in [5, 5.41) is 65.4. The molecule has 2 aliphatic carbocycles. The first-order valence-corrected chi connectivity index (χ1v) is 13.6. The predicted octanol–water partition coefficient (Wildman–Crippen LogP) is 0.293. The van der Waals surface area contributed by atoms with Gasteiger partial charge >= 0.3 is 17.9 Å². The summed E-state index contributed by atoms with van der Waals surface area (Å²) in [4.78, 5) is 32.7. The number of hydrogen-bond donors (Lipinski definition) is 9. The molecule has 1 fully saturated rings. The zero-order valence-corrected chi connectivity index (χ0v) is 22.7. The fraction of sp³-hybridized carbons (Fsp3) is 0.607. The number of aliphatic carboxylic acids is 3. The van der Waals surface area contributed by atoms with Crippen LogP contribution in [0.5, 0.6) is 0 Å². The Balaban J connectivity index is 2.22. The van der Waals surface area contributed by atoms with Crippen molar-refractivity contribution in [3.05, 3.63) is 48.1 Å². The zero-order chi connectivity index (χ0) is 29.8. The maximum Gasteiger partial charge on any atom is 0.307 e. The molecule has 12 heteroatoms. The van der Waals surface area contributed by atoms with Crippen LogP contribution in [0.2, 0.25) is 0 Å². The second-order valence-electron chi connectivity index (χ2n) is 10.5. The Bertz CT molecular complexity index is 978. The Hall–Kier alpha value is -2.87. The number of hydrogen-bond acceptors (Lipinski definition) is 9. The van der Waals surface area contributed by atoms with Crippen LogP contribution in [0, 0.1) is 5.92 Å². The van der Waals surface area contributed by atoms with Gasteiger partial charge in [0.25, 0.3) is 0 Å². The van der Waals surface area contributed by atoms with Gasteiger partial charge in [-0.3, -0.25) is 14.4 Å². The van der Waals surface area contributed by atoms with Gasteiger partial charge in [-0.25, -0.2) is 0 Å². The van der Waals surface area contributed by atoms with Crippen molar-refractivity contribution in [3.63, 3.8) is 0 Å². The van der Waals surface area contributed by atoms with Gasteiger partial charge in [-0.05, 0) is 44.1 Å². The van der Waals surface area contributed by atoms with Crippen LogP contribution in [0.25, 0.3) is 0 Å². The van der Waals surface area contributed by atoms with Crippen molar-refractivity contribution in [1.82, 2.24) is 10.6 Å². The van der Waals surface area contributed by atoms with Gasteiger partial charge in [-0.2, -0.15) is 0 Å². The molecule has 0 aliphatic heterocycles. The first kappa shape index (κ1) is 33.3. The van der Waals surface area contributed by atoms with Gasteiger partial charge in [0.15, 0.2) is 0 Å². The van der Waals surface area contributed by atoms with Crippen LogP contribution in [-0.4, -0.2) is 97.1 Å². The number of aliphatic hydroxyl groups excluding tert-OH is 3. The van der Waals surface area contributed by atoms with E-state index < -0.39 is 54.3 Å². The maximum atomic E-state index is 11.2. The lowest BCUT2D eigenvalue weighted by molar-refractivity contribution is -0.137. The van der Waals surface area contributed by atoms with Gasteiger partial charge in [-0.15, -0.1) is 0 Å². The van der Waals surface area contributed by atoms with Gasteiger partial charge in [0.1, 0.15) is 0 Å².